The molecule has 0 spiro atoms. The van der Waals surface area contributed by atoms with Crippen LogP contribution in [0.3, 0.4) is 0 Å². The molecule has 0 saturated carbocycles. The van der Waals surface area contributed by atoms with E-state index in [2.05, 4.69) is 63.5 Å². The molecule has 1 unspecified atom stereocenters. The zero-order valence-electron chi connectivity index (χ0n) is 12.7. The Kier molecular flexibility index (Phi) is 4.97. The van der Waals surface area contributed by atoms with Gasteiger partial charge in [-0.2, -0.15) is 0 Å². The Labute approximate surface area is 126 Å². The molecule has 0 aliphatic carbocycles. The maximum absolute atomic E-state index is 5.75. The number of nitrogens with two attached hydrogens (primary N) is 1. The lowest BCUT2D eigenvalue weighted by Gasteiger charge is -2.15. The highest BCUT2D eigenvalue weighted by Gasteiger charge is 2.14. The van der Waals surface area contributed by atoms with Crippen LogP contribution in [-0.4, -0.2) is 0 Å². The van der Waals surface area contributed by atoms with Gasteiger partial charge < -0.3 is 0 Å². The van der Waals surface area contributed by atoms with Crippen molar-refractivity contribution in [2.75, 3.05) is 0 Å². The highest BCUT2D eigenvalue weighted by molar-refractivity contribution is 7.12. The maximum atomic E-state index is 5.75. The lowest BCUT2D eigenvalue weighted by atomic mass is 9.99. The smallest absolute Gasteiger partial charge is 0.0593 e. The average molecular weight is 288 g/mol. The van der Waals surface area contributed by atoms with E-state index in [9.17, 15) is 0 Å². The lowest BCUT2D eigenvalue weighted by Crippen LogP contribution is -2.28. The third-order valence-corrected chi connectivity index (χ3v) is 5.08. The zero-order valence-corrected chi connectivity index (χ0v) is 13.6. The first-order valence-electron chi connectivity index (χ1n) is 7.13. The molecule has 108 valence electrons. The standard InChI is InChI=1S/C17H24N2S/c1-11(2)15-7-5-14(6-8-15)10-16(19-18)17-9-12(3)13(4)20-17/h5-9,11,16,19H,10,18H2,1-4H3. The number of hydrogen-bond acceptors (Lipinski definition) is 3. The highest BCUT2D eigenvalue weighted by Crippen LogP contribution is 2.28. The third-order valence-electron chi connectivity index (χ3n) is 3.82. The second kappa shape index (κ2) is 6.53. The first kappa shape index (κ1) is 15.2. The van der Waals surface area contributed by atoms with Crippen LogP contribution in [-0.2, 0) is 6.42 Å². The molecular weight excluding hydrogens is 264 g/mol. The van der Waals surface area contributed by atoms with E-state index in [0.717, 1.165) is 6.42 Å². The molecule has 0 saturated heterocycles. The van der Waals surface area contributed by atoms with Crippen LogP contribution in [0.1, 0.15) is 52.3 Å². The first-order chi connectivity index (χ1) is 9.51. The van der Waals surface area contributed by atoms with Crippen molar-refractivity contribution in [1.82, 2.24) is 5.43 Å². The molecule has 1 atom stereocenters. The number of rotatable bonds is 5. The molecule has 20 heavy (non-hydrogen) atoms. The summed E-state index contributed by atoms with van der Waals surface area (Å²) in [5.74, 6) is 6.33. The van der Waals surface area contributed by atoms with Gasteiger partial charge in [-0.15, -0.1) is 11.3 Å². The van der Waals surface area contributed by atoms with Crippen LogP contribution in [0.25, 0.3) is 0 Å². The van der Waals surface area contributed by atoms with Gasteiger partial charge >= 0.3 is 0 Å². The number of benzene rings is 1. The fourth-order valence-electron chi connectivity index (χ4n) is 2.29. The van der Waals surface area contributed by atoms with Crippen molar-refractivity contribution in [2.45, 2.75) is 46.1 Å². The summed E-state index contributed by atoms with van der Waals surface area (Å²) < 4.78 is 0. The molecule has 0 fully saturated rings. The lowest BCUT2D eigenvalue weighted by molar-refractivity contribution is 0.560. The molecule has 2 aromatic rings. The van der Waals surface area contributed by atoms with Crippen molar-refractivity contribution in [3.05, 3.63) is 56.8 Å². The van der Waals surface area contributed by atoms with Crippen molar-refractivity contribution < 1.29 is 0 Å². The van der Waals surface area contributed by atoms with Crippen molar-refractivity contribution in [3.63, 3.8) is 0 Å². The van der Waals surface area contributed by atoms with E-state index in [1.165, 1.54) is 26.4 Å². The Balaban J connectivity index is 2.13. The van der Waals surface area contributed by atoms with E-state index >= 15 is 0 Å². The van der Waals surface area contributed by atoms with Gasteiger partial charge in [-0.3, -0.25) is 11.3 Å². The van der Waals surface area contributed by atoms with Crippen molar-refractivity contribution in [1.29, 1.82) is 0 Å². The van der Waals surface area contributed by atoms with E-state index in [4.69, 9.17) is 5.84 Å². The van der Waals surface area contributed by atoms with Gasteiger partial charge in [0.2, 0.25) is 0 Å². The number of nitrogens with one attached hydrogen (secondary N) is 1. The minimum absolute atomic E-state index is 0.192. The topological polar surface area (TPSA) is 38.0 Å². The fraction of sp³-hybridized carbons (Fsp3) is 0.412. The zero-order chi connectivity index (χ0) is 14.7. The monoisotopic (exact) mass is 288 g/mol. The third kappa shape index (κ3) is 3.48. The summed E-state index contributed by atoms with van der Waals surface area (Å²) in [5, 5.41) is 0. The van der Waals surface area contributed by atoms with E-state index < -0.39 is 0 Å². The summed E-state index contributed by atoms with van der Waals surface area (Å²) in [4.78, 5) is 2.69. The Morgan fingerprint density at radius 3 is 2.25 bits per heavy atom. The van der Waals surface area contributed by atoms with E-state index in [-0.39, 0.29) is 6.04 Å². The molecule has 3 heteroatoms. The predicted octanol–water partition coefficient (Wildman–Crippen LogP) is 4.24. The summed E-state index contributed by atoms with van der Waals surface area (Å²) in [7, 11) is 0. The maximum Gasteiger partial charge on any atom is 0.0593 e. The van der Waals surface area contributed by atoms with Crippen LogP contribution in [0.2, 0.25) is 0 Å². The van der Waals surface area contributed by atoms with E-state index in [1.807, 2.05) is 11.3 Å². The molecule has 1 aromatic heterocycles. The Bertz CT molecular complexity index is 535. The second-order valence-corrected chi connectivity index (χ2v) is 7.00. The van der Waals surface area contributed by atoms with Gasteiger partial charge in [-0.05, 0) is 48.9 Å². The number of thiophene rings is 1. The van der Waals surface area contributed by atoms with Gasteiger partial charge in [0, 0.05) is 9.75 Å². The Morgan fingerprint density at radius 2 is 1.80 bits per heavy atom. The molecule has 0 bridgehead atoms. The van der Waals surface area contributed by atoms with Gasteiger partial charge in [-0.25, -0.2) is 0 Å². The number of aryl methyl sites for hydroxylation is 2. The molecule has 1 heterocycles. The molecular formula is C17H24N2S. The minimum atomic E-state index is 0.192. The average Bonchev–Trinajstić information content (AvgIpc) is 2.76. The molecule has 0 aliphatic rings. The van der Waals surface area contributed by atoms with Crippen LogP contribution in [0.15, 0.2) is 30.3 Å². The van der Waals surface area contributed by atoms with Crippen LogP contribution in [0.4, 0.5) is 0 Å². The van der Waals surface area contributed by atoms with Gasteiger partial charge in [0.05, 0.1) is 6.04 Å². The normalized spacial score (nSPS) is 12.9. The van der Waals surface area contributed by atoms with Crippen LogP contribution >= 0.6 is 11.3 Å². The molecule has 2 rings (SSSR count). The Hall–Kier alpha value is -1.16. The molecule has 3 N–H and O–H groups in total. The molecule has 2 nitrogen and oxygen atoms in total. The van der Waals surface area contributed by atoms with Crippen molar-refractivity contribution in [2.24, 2.45) is 5.84 Å². The summed E-state index contributed by atoms with van der Waals surface area (Å²) in [6.45, 7) is 8.75. The summed E-state index contributed by atoms with van der Waals surface area (Å²) in [5.41, 5.74) is 7.01. The van der Waals surface area contributed by atoms with Crippen LogP contribution in [0, 0.1) is 13.8 Å². The van der Waals surface area contributed by atoms with Gasteiger partial charge in [-0.1, -0.05) is 38.1 Å². The summed E-state index contributed by atoms with van der Waals surface area (Å²) in [6, 6.07) is 11.3. The molecule has 0 amide bonds. The highest BCUT2D eigenvalue weighted by atomic mass is 32.1. The fourth-order valence-corrected chi connectivity index (χ4v) is 3.39. The van der Waals surface area contributed by atoms with Gasteiger partial charge in [0.25, 0.3) is 0 Å². The predicted molar refractivity (Wildman–Crippen MR) is 88.1 cm³/mol. The van der Waals surface area contributed by atoms with E-state index in [0.29, 0.717) is 5.92 Å². The summed E-state index contributed by atoms with van der Waals surface area (Å²) in [6.07, 6.45) is 0.925. The summed E-state index contributed by atoms with van der Waals surface area (Å²) >= 11 is 1.83. The van der Waals surface area contributed by atoms with Crippen molar-refractivity contribution in [3.8, 4) is 0 Å². The molecule has 0 radical (unpaired) electrons. The Morgan fingerprint density at radius 1 is 1.15 bits per heavy atom. The first-order valence-corrected chi connectivity index (χ1v) is 7.94. The van der Waals surface area contributed by atoms with Gasteiger partial charge in [0.15, 0.2) is 0 Å². The quantitative estimate of drug-likeness (QED) is 0.638. The SMILES string of the molecule is Cc1cc(C(Cc2ccc(C(C)C)cc2)NN)sc1C. The van der Waals surface area contributed by atoms with Crippen molar-refractivity contribution >= 4 is 11.3 Å². The number of hydrazine groups is 1. The second-order valence-electron chi connectivity index (χ2n) is 5.71. The largest absolute Gasteiger partial charge is 0.271 e. The minimum Gasteiger partial charge on any atom is -0.271 e. The molecule has 0 aliphatic heterocycles. The number of hydrogen-bond donors (Lipinski definition) is 2. The molecule has 1 aromatic carbocycles. The van der Waals surface area contributed by atoms with Crippen LogP contribution < -0.4 is 11.3 Å². The van der Waals surface area contributed by atoms with Gasteiger partial charge in [0.1, 0.15) is 0 Å². The van der Waals surface area contributed by atoms with E-state index in [1.54, 1.807) is 0 Å². The van der Waals surface area contributed by atoms with Crippen LogP contribution in [0.5, 0.6) is 0 Å².